The standard InChI is InChI=1S/C32H28N2O8S2/c1-20-7-12-25(13-8-20)43(38,39)33-28-16-11-24(17-23(28)19-29(33)31(35)36)42-32(37)30-18-22-5-3-4-6-27(22)34(30)44(40,41)26-14-9-21(2)10-15-26/h3-17,29-30H,18-19H2,1-2H3,(H,35,36)/t29?,30-/m1/s1. The maximum Gasteiger partial charge on any atom is 0.335 e. The van der Waals surface area contributed by atoms with E-state index in [1.54, 1.807) is 48.5 Å². The van der Waals surface area contributed by atoms with Crippen molar-refractivity contribution in [1.29, 1.82) is 0 Å². The molecule has 0 aliphatic carbocycles. The lowest BCUT2D eigenvalue weighted by molar-refractivity contribution is -0.138. The van der Waals surface area contributed by atoms with E-state index >= 15 is 0 Å². The van der Waals surface area contributed by atoms with Crippen molar-refractivity contribution in [2.24, 2.45) is 0 Å². The van der Waals surface area contributed by atoms with Crippen molar-refractivity contribution in [3.8, 4) is 5.75 Å². The highest BCUT2D eigenvalue weighted by Gasteiger charge is 2.45. The third kappa shape index (κ3) is 4.99. The monoisotopic (exact) mass is 632 g/mol. The van der Waals surface area contributed by atoms with E-state index in [0.717, 1.165) is 19.7 Å². The number of carboxylic acid groups (broad SMARTS) is 1. The van der Waals surface area contributed by atoms with Crippen molar-refractivity contribution in [3.05, 3.63) is 113 Å². The molecule has 0 fully saturated rings. The van der Waals surface area contributed by atoms with Crippen LogP contribution in [0.15, 0.2) is 101 Å². The van der Waals surface area contributed by atoms with Crippen LogP contribution in [0.3, 0.4) is 0 Å². The summed E-state index contributed by atoms with van der Waals surface area (Å²) < 4.78 is 62.3. The summed E-state index contributed by atoms with van der Waals surface area (Å²) in [6.45, 7) is 3.65. The average molecular weight is 633 g/mol. The maximum atomic E-state index is 13.8. The number of para-hydroxylation sites is 1. The Labute approximate surface area is 255 Å². The van der Waals surface area contributed by atoms with Crippen LogP contribution in [0.4, 0.5) is 11.4 Å². The number of ether oxygens (including phenoxy) is 1. The largest absolute Gasteiger partial charge is 0.480 e. The van der Waals surface area contributed by atoms with Gasteiger partial charge in [0, 0.05) is 12.8 Å². The summed E-state index contributed by atoms with van der Waals surface area (Å²) in [6.07, 6.45) is -0.0569. The van der Waals surface area contributed by atoms with E-state index in [4.69, 9.17) is 4.74 Å². The highest BCUT2D eigenvalue weighted by Crippen LogP contribution is 2.40. The summed E-state index contributed by atoms with van der Waals surface area (Å²) in [5, 5.41) is 9.91. The molecule has 12 heteroatoms. The van der Waals surface area contributed by atoms with Gasteiger partial charge in [-0.25, -0.2) is 26.4 Å². The number of carbonyl (C=O) groups is 2. The number of hydrogen-bond donors (Lipinski definition) is 1. The molecule has 10 nitrogen and oxygen atoms in total. The van der Waals surface area contributed by atoms with Gasteiger partial charge in [-0.2, -0.15) is 0 Å². The lowest BCUT2D eigenvalue weighted by Crippen LogP contribution is -2.44. The lowest BCUT2D eigenvalue weighted by atomic mass is 10.1. The van der Waals surface area contributed by atoms with E-state index < -0.39 is 44.1 Å². The van der Waals surface area contributed by atoms with Gasteiger partial charge >= 0.3 is 11.9 Å². The number of rotatable bonds is 7. The average Bonchev–Trinajstić information content (AvgIpc) is 3.58. The molecule has 0 amide bonds. The van der Waals surface area contributed by atoms with Crippen LogP contribution < -0.4 is 13.3 Å². The van der Waals surface area contributed by atoms with Crippen LogP contribution in [0, 0.1) is 13.8 Å². The molecular weight excluding hydrogens is 604 g/mol. The quantitative estimate of drug-likeness (QED) is 0.236. The minimum Gasteiger partial charge on any atom is -0.480 e. The molecule has 0 spiro atoms. The Morgan fingerprint density at radius 1 is 0.682 bits per heavy atom. The number of sulfonamides is 2. The van der Waals surface area contributed by atoms with Gasteiger partial charge in [0.1, 0.15) is 17.8 Å². The van der Waals surface area contributed by atoms with Gasteiger partial charge in [0.2, 0.25) is 0 Å². The van der Waals surface area contributed by atoms with Crippen molar-refractivity contribution < 1.29 is 36.3 Å². The van der Waals surface area contributed by atoms with Crippen molar-refractivity contribution >= 4 is 43.4 Å². The van der Waals surface area contributed by atoms with Gasteiger partial charge in [0.15, 0.2) is 0 Å². The molecule has 2 aliphatic heterocycles. The Kier molecular flexibility index (Phi) is 7.21. The zero-order valence-electron chi connectivity index (χ0n) is 23.7. The van der Waals surface area contributed by atoms with Crippen LogP contribution in [-0.2, 0) is 42.5 Å². The van der Waals surface area contributed by atoms with E-state index in [-0.39, 0.29) is 34.1 Å². The van der Waals surface area contributed by atoms with Gasteiger partial charge in [-0.15, -0.1) is 0 Å². The number of carboxylic acids is 1. The first-order valence-electron chi connectivity index (χ1n) is 13.8. The van der Waals surface area contributed by atoms with Crippen LogP contribution in [-0.4, -0.2) is 46.0 Å². The van der Waals surface area contributed by atoms with Gasteiger partial charge in [-0.3, -0.25) is 8.61 Å². The fourth-order valence-corrected chi connectivity index (χ4v) is 8.90. The van der Waals surface area contributed by atoms with Gasteiger partial charge in [0.25, 0.3) is 20.0 Å². The number of benzene rings is 4. The first-order chi connectivity index (χ1) is 20.9. The molecule has 226 valence electrons. The van der Waals surface area contributed by atoms with E-state index in [9.17, 15) is 31.5 Å². The topological polar surface area (TPSA) is 138 Å². The number of nitrogens with zero attached hydrogens (tertiary/aromatic N) is 2. The second-order valence-electron chi connectivity index (χ2n) is 10.8. The predicted octanol–water partition coefficient (Wildman–Crippen LogP) is 4.23. The second-order valence-corrected chi connectivity index (χ2v) is 14.5. The Morgan fingerprint density at radius 3 is 1.75 bits per heavy atom. The SMILES string of the molecule is Cc1ccc(S(=O)(=O)N2c3ccc(OC(=O)[C@H]4Cc5ccccc5N4S(=O)(=O)c4ccc(C)cc4)cc3CC2C(=O)O)cc1. The molecule has 2 heterocycles. The molecule has 1 unspecified atom stereocenters. The van der Waals surface area contributed by atoms with Crippen LogP contribution >= 0.6 is 0 Å². The van der Waals surface area contributed by atoms with Gasteiger partial charge in [-0.05, 0) is 73.5 Å². The molecule has 1 N–H and O–H groups in total. The summed E-state index contributed by atoms with van der Waals surface area (Å²) in [4.78, 5) is 25.8. The molecular formula is C32H28N2O8S2. The molecule has 44 heavy (non-hydrogen) atoms. The number of carbonyl (C=O) groups excluding carboxylic acids is 1. The third-order valence-corrected chi connectivity index (χ3v) is 11.5. The third-order valence-electron chi connectivity index (χ3n) is 7.84. The Bertz CT molecular complexity index is 2010. The van der Waals surface area contributed by atoms with Crippen LogP contribution in [0.1, 0.15) is 22.3 Å². The molecule has 4 aromatic carbocycles. The van der Waals surface area contributed by atoms with Crippen LogP contribution in [0.25, 0.3) is 0 Å². The zero-order chi connectivity index (χ0) is 31.4. The zero-order valence-corrected chi connectivity index (χ0v) is 25.4. The Morgan fingerprint density at radius 2 is 1.18 bits per heavy atom. The van der Waals surface area contributed by atoms with Crippen molar-refractivity contribution in [2.75, 3.05) is 8.61 Å². The van der Waals surface area contributed by atoms with E-state index in [2.05, 4.69) is 0 Å². The fraction of sp³-hybridized carbons (Fsp3) is 0.188. The number of anilines is 2. The van der Waals surface area contributed by atoms with Crippen molar-refractivity contribution in [1.82, 2.24) is 0 Å². The summed E-state index contributed by atoms with van der Waals surface area (Å²) in [5.74, 6) is -2.11. The summed E-state index contributed by atoms with van der Waals surface area (Å²) in [6, 6.07) is 20.9. The number of aryl methyl sites for hydroxylation is 2. The minimum absolute atomic E-state index is 0.0322. The Balaban J connectivity index is 1.31. The molecule has 2 atom stereocenters. The molecule has 0 aromatic heterocycles. The molecule has 4 aromatic rings. The number of aliphatic carboxylic acids is 1. The molecule has 6 rings (SSSR count). The summed E-state index contributed by atoms with van der Waals surface area (Å²) in [7, 11) is -8.36. The summed E-state index contributed by atoms with van der Waals surface area (Å²) >= 11 is 0. The van der Waals surface area contributed by atoms with Crippen LogP contribution in [0.5, 0.6) is 5.75 Å². The highest BCUT2D eigenvalue weighted by molar-refractivity contribution is 7.93. The highest BCUT2D eigenvalue weighted by atomic mass is 32.2. The molecule has 0 bridgehead atoms. The smallest absolute Gasteiger partial charge is 0.335 e. The number of esters is 1. The fourth-order valence-electron chi connectivity index (χ4n) is 5.61. The number of fused-ring (bicyclic) bond motifs is 2. The van der Waals surface area contributed by atoms with Gasteiger partial charge < -0.3 is 9.84 Å². The molecule has 0 radical (unpaired) electrons. The predicted molar refractivity (Wildman–Crippen MR) is 163 cm³/mol. The first kappa shape index (κ1) is 29.4. The second kappa shape index (κ2) is 10.8. The minimum atomic E-state index is -4.22. The maximum absolute atomic E-state index is 13.8. The van der Waals surface area contributed by atoms with Crippen molar-refractivity contribution in [3.63, 3.8) is 0 Å². The van der Waals surface area contributed by atoms with Gasteiger partial charge in [0.05, 0.1) is 21.2 Å². The van der Waals surface area contributed by atoms with Gasteiger partial charge in [-0.1, -0.05) is 53.6 Å². The summed E-state index contributed by atoms with van der Waals surface area (Å²) in [5.41, 5.74) is 3.30. The normalized spacial score (nSPS) is 17.7. The lowest BCUT2D eigenvalue weighted by Gasteiger charge is -2.26. The molecule has 2 aliphatic rings. The molecule has 0 saturated carbocycles. The molecule has 0 saturated heterocycles. The Hall–Kier alpha value is -4.68. The number of hydrogen-bond acceptors (Lipinski definition) is 7. The van der Waals surface area contributed by atoms with E-state index in [1.165, 1.54) is 42.5 Å². The van der Waals surface area contributed by atoms with E-state index in [1.807, 2.05) is 13.8 Å². The first-order valence-corrected chi connectivity index (χ1v) is 16.6. The van der Waals surface area contributed by atoms with E-state index in [0.29, 0.717) is 16.8 Å². The van der Waals surface area contributed by atoms with Crippen molar-refractivity contribution in [2.45, 2.75) is 48.6 Å². The van der Waals surface area contributed by atoms with Crippen LogP contribution in [0.2, 0.25) is 0 Å².